The molecule has 0 spiro atoms. The van der Waals surface area contributed by atoms with Crippen molar-refractivity contribution in [3.8, 4) is 0 Å². The van der Waals surface area contributed by atoms with Gasteiger partial charge in [-0.15, -0.1) is 0 Å². The summed E-state index contributed by atoms with van der Waals surface area (Å²) in [7, 11) is 0. The van der Waals surface area contributed by atoms with E-state index >= 15 is 0 Å². The maximum atomic E-state index is 3.64. The highest BCUT2D eigenvalue weighted by atomic mass is 32.2. The van der Waals surface area contributed by atoms with Gasteiger partial charge in [0.05, 0.1) is 0 Å². The van der Waals surface area contributed by atoms with Crippen LogP contribution in [0.4, 0.5) is 0 Å². The Bertz CT molecular complexity index is 358. The van der Waals surface area contributed by atoms with E-state index in [0.717, 1.165) is 12.5 Å². The molecule has 0 saturated carbocycles. The van der Waals surface area contributed by atoms with Gasteiger partial charge in [0.25, 0.3) is 0 Å². The summed E-state index contributed by atoms with van der Waals surface area (Å²) in [5.41, 5.74) is 2.73. The van der Waals surface area contributed by atoms with Gasteiger partial charge in [0.2, 0.25) is 0 Å². The Morgan fingerprint density at radius 2 is 1.58 bits per heavy atom. The molecular formula is C17H29NS. The molecule has 3 atom stereocenters. The molecule has 2 heteroatoms. The van der Waals surface area contributed by atoms with Crippen LogP contribution in [0, 0.1) is 12.8 Å². The van der Waals surface area contributed by atoms with Gasteiger partial charge in [-0.1, -0.05) is 64.4 Å². The average Bonchev–Trinajstić information content (AvgIpc) is 2.37. The molecule has 0 bridgehead atoms. The Kier molecular flexibility index (Phi) is 6.95. The number of benzene rings is 1. The first kappa shape index (κ1) is 16.6. The smallest absolute Gasteiger partial charge is 0.0437 e. The molecule has 0 aliphatic rings. The molecule has 0 heterocycles. The lowest BCUT2D eigenvalue weighted by Gasteiger charge is -2.28. The van der Waals surface area contributed by atoms with Crippen LogP contribution < -0.4 is 5.32 Å². The third kappa shape index (κ3) is 5.19. The van der Waals surface area contributed by atoms with Crippen molar-refractivity contribution < 1.29 is 0 Å². The Balaban J connectivity index is 2.78. The number of aryl methyl sites for hydroxylation is 1. The standard InChI is InChI=1S/C17H29NS/c1-7-18-17(15(6)19-14(5)12(2)3)16-10-8-13(4)9-11-16/h8-12,14-15,17-18H,7H2,1-6H3. The van der Waals surface area contributed by atoms with Crippen molar-refractivity contribution in [3.63, 3.8) is 0 Å². The van der Waals surface area contributed by atoms with Gasteiger partial charge >= 0.3 is 0 Å². The summed E-state index contributed by atoms with van der Waals surface area (Å²) in [6, 6.07) is 9.39. The molecule has 1 nitrogen and oxygen atoms in total. The Labute approximate surface area is 123 Å². The summed E-state index contributed by atoms with van der Waals surface area (Å²) >= 11 is 2.09. The molecule has 19 heavy (non-hydrogen) atoms. The van der Waals surface area contributed by atoms with Crippen molar-refractivity contribution in [2.24, 2.45) is 5.92 Å². The molecule has 0 fully saturated rings. The Hall–Kier alpha value is -0.470. The fourth-order valence-electron chi connectivity index (χ4n) is 2.12. The minimum Gasteiger partial charge on any atom is -0.309 e. The van der Waals surface area contributed by atoms with Gasteiger partial charge in [-0.05, 0) is 24.9 Å². The molecule has 3 unspecified atom stereocenters. The first-order valence-corrected chi connectivity index (χ1v) is 8.35. The molecule has 0 amide bonds. The van der Waals surface area contributed by atoms with Gasteiger partial charge in [-0.25, -0.2) is 0 Å². The quantitative estimate of drug-likeness (QED) is 0.768. The fourth-order valence-corrected chi connectivity index (χ4v) is 3.52. The van der Waals surface area contributed by atoms with E-state index in [0.29, 0.717) is 16.5 Å². The van der Waals surface area contributed by atoms with Gasteiger partial charge in [0.1, 0.15) is 0 Å². The van der Waals surface area contributed by atoms with Crippen LogP contribution in [-0.4, -0.2) is 17.0 Å². The maximum Gasteiger partial charge on any atom is 0.0437 e. The third-order valence-corrected chi connectivity index (χ3v) is 5.37. The number of thioether (sulfide) groups is 1. The zero-order chi connectivity index (χ0) is 14.4. The lowest BCUT2D eigenvalue weighted by Crippen LogP contribution is -2.30. The van der Waals surface area contributed by atoms with Crippen molar-refractivity contribution in [2.75, 3.05) is 6.54 Å². The molecule has 0 aromatic heterocycles. The third-order valence-electron chi connectivity index (χ3n) is 3.70. The molecule has 1 N–H and O–H groups in total. The molecular weight excluding hydrogens is 250 g/mol. The van der Waals surface area contributed by atoms with E-state index in [1.165, 1.54) is 11.1 Å². The summed E-state index contributed by atoms with van der Waals surface area (Å²) in [6.45, 7) is 14.6. The van der Waals surface area contributed by atoms with Crippen LogP contribution in [0.1, 0.15) is 51.8 Å². The highest BCUT2D eigenvalue weighted by Crippen LogP contribution is 2.32. The SMILES string of the molecule is CCNC(c1ccc(C)cc1)C(C)SC(C)C(C)C. The van der Waals surface area contributed by atoms with Crippen LogP contribution in [0.2, 0.25) is 0 Å². The number of nitrogens with one attached hydrogen (secondary N) is 1. The average molecular weight is 279 g/mol. The van der Waals surface area contributed by atoms with Crippen molar-refractivity contribution in [3.05, 3.63) is 35.4 Å². The Morgan fingerprint density at radius 1 is 1.00 bits per heavy atom. The normalized spacial score (nSPS) is 16.4. The number of rotatable bonds is 7. The van der Waals surface area contributed by atoms with E-state index in [1.54, 1.807) is 0 Å². The van der Waals surface area contributed by atoms with Crippen molar-refractivity contribution in [1.29, 1.82) is 0 Å². The van der Waals surface area contributed by atoms with E-state index in [9.17, 15) is 0 Å². The van der Waals surface area contributed by atoms with Crippen molar-refractivity contribution >= 4 is 11.8 Å². The lowest BCUT2D eigenvalue weighted by atomic mass is 10.0. The van der Waals surface area contributed by atoms with Crippen LogP contribution in [0.15, 0.2) is 24.3 Å². The minimum absolute atomic E-state index is 0.441. The van der Waals surface area contributed by atoms with E-state index in [4.69, 9.17) is 0 Å². The zero-order valence-corrected chi connectivity index (χ0v) is 14.1. The van der Waals surface area contributed by atoms with Crippen LogP contribution in [0.25, 0.3) is 0 Å². The van der Waals surface area contributed by atoms with E-state index < -0.39 is 0 Å². The van der Waals surface area contributed by atoms with Crippen LogP contribution in [0.5, 0.6) is 0 Å². The number of hydrogen-bond acceptors (Lipinski definition) is 2. The van der Waals surface area contributed by atoms with Gasteiger partial charge in [0.15, 0.2) is 0 Å². The predicted octanol–water partition coefficient (Wildman–Crippen LogP) is 4.81. The van der Waals surface area contributed by atoms with E-state index in [-0.39, 0.29) is 0 Å². The molecule has 0 aliphatic carbocycles. The van der Waals surface area contributed by atoms with Crippen molar-refractivity contribution in [2.45, 2.75) is 58.1 Å². The van der Waals surface area contributed by atoms with Gasteiger partial charge < -0.3 is 5.32 Å². The second kappa shape index (κ2) is 7.96. The van der Waals surface area contributed by atoms with Gasteiger partial charge in [0, 0.05) is 16.5 Å². The highest BCUT2D eigenvalue weighted by molar-refractivity contribution is 8.00. The zero-order valence-electron chi connectivity index (χ0n) is 13.2. The first-order chi connectivity index (χ1) is 8.95. The van der Waals surface area contributed by atoms with Gasteiger partial charge in [-0.3, -0.25) is 0 Å². The minimum atomic E-state index is 0.441. The monoisotopic (exact) mass is 279 g/mol. The predicted molar refractivity (Wildman–Crippen MR) is 88.9 cm³/mol. The summed E-state index contributed by atoms with van der Waals surface area (Å²) in [5.74, 6) is 0.729. The molecule has 0 saturated heterocycles. The van der Waals surface area contributed by atoms with E-state index in [2.05, 4.69) is 82.9 Å². The van der Waals surface area contributed by atoms with E-state index in [1.807, 2.05) is 0 Å². The first-order valence-electron chi connectivity index (χ1n) is 7.41. The van der Waals surface area contributed by atoms with Gasteiger partial charge in [-0.2, -0.15) is 11.8 Å². The van der Waals surface area contributed by atoms with Crippen molar-refractivity contribution in [1.82, 2.24) is 5.32 Å². The Morgan fingerprint density at radius 3 is 2.05 bits per heavy atom. The van der Waals surface area contributed by atoms with Crippen LogP contribution >= 0.6 is 11.8 Å². The lowest BCUT2D eigenvalue weighted by molar-refractivity contribution is 0.542. The number of hydrogen-bond donors (Lipinski definition) is 1. The summed E-state index contributed by atoms with van der Waals surface area (Å²) in [5, 5.41) is 4.92. The second-order valence-electron chi connectivity index (χ2n) is 5.74. The van der Waals surface area contributed by atoms with Crippen LogP contribution in [-0.2, 0) is 0 Å². The fraction of sp³-hybridized carbons (Fsp3) is 0.647. The molecule has 1 rings (SSSR count). The van der Waals surface area contributed by atoms with Crippen LogP contribution in [0.3, 0.4) is 0 Å². The largest absolute Gasteiger partial charge is 0.309 e. The molecule has 1 aromatic carbocycles. The highest BCUT2D eigenvalue weighted by Gasteiger charge is 2.22. The maximum absolute atomic E-state index is 3.64. The summed E-state index contributed by atoms with van der Waals surface area (Å²) in [6.07, 6.45) is 0. The topological polar surface area (TPSA) is 12.0 Å². The molecule has 1 aromatic rings. The molecule has 0 radical (unpaired) electrons. The summed E-state index contributed by atoms with van der Waals surface area (Å²) in [4.78, 5) is 0. The second-order valence-corrected chi connectivity index (χ2v) is 7.50. The molecule has 0 aliphatic heterocycles. The summed E-state index contributed by atoms with van der Waals surface area (Å²) < 4.78 is 0. The molecule has 108 valence electrons.